The molecule has 2 aromatic rings. The number of para-hydroxylation sites is 1. The van der Waals surface area contributed by atoms with Gasteiger partial charge in [0.15, 0.2) is 5.78 Å². The van der Waals surface area contributed by atoms with Crippen molar-refractivity contribution in [2.24, 2.45) is 0 Å². The van der Waals surface area contributed by atoms with Gasteiger partial charge in [-0.1, -0.05) is 18.2 Å². The van der Waals surface area contributed by atoms with E-state index in [0.29, 0.717) is 24.2 Å². The largest absolute Gasteiger partial charge is 0.379 e. The molecular formula is C18H17N3O4. The lowest BCUT2D eigenvalue weighted by atomic mass is 9.97. The zero-order valence-corrected chi connectivity index (χ0v) is 13.6. The summed E-state index contributed by atoms with van der Waals surface area (Å²) >= 11 is 0. The molecule has 1 aliphatic heterocycles. The quantitative estimate of drug-likeness (QED) is 0.477. The molecule has 1 heterocycles. The molecule has 0 radical (unpaired) electrons. The van der Waals surface area contributed by atoms with Gasteiger partial charge in [-0.15, -0.1) is 0 Å². The first-order valence-electron chi connectivity index (χ1n) is 7.90. The summed E-state index contributed by atoms with van der Waals surface area (Å²) in [4.78, 5) is 34.2. The fraction of sp³-hybridized carbons (Fsp3) is 0.222. The molecule has 0 aliphatic carbocycles. The summed E-state index contributed by atoms with van der Waals surface area (Å²) in [5, 5.41) is 17.1. The number of amides is 1. The molecule has 7 heteroatoms. The highest BCUT2D eigenvalue weighted by atomic mass is 16.6. The van der Waals surface area contributed by atoms with Crippen LogP contribution >= 0.6 is 0 Å². The minimum atomic E-state index is -0.521. The first-order chi connectivity index (χ1) is 12.0. The summed E-state index contributed by atoms with van der Waals surface area (Å²) in [6.07, 6.45) is 0.508. The third-order valence-corrected chi connectivity index (χ3v) is 4.26. The number of Topliss-reactive ketones (excluding diaryl/α,β-unsaturated/α-hetero) is 1. The first kappa shape index (κ1) is 16.6. The van der Waals surface area contributed by atoms with Crippen LogP contribution in [0.5, 0.6) is 0 Å². The van der Waals surface area contributed by atoms with Crippen LogP contribution in [0.1, 0.15) is 35.2 Å². The second kappa shape index (κ2) is 6.72. The summed E-state index contributed by atoms with van der Waals surface area (Å²) in [6.45, 7) is 1.76. The van der Waals surface area contributed by atoms with Gasteiger partial charge in [0, 0.05) is 23.9 Å². The van der Waals surface area contributed by atoms with E-state index in [1.54, 1.807) is 6.07 Å². The van der Waals surface area contributed by atoms with E-state index in [-0.39, 0.29) is 23.3 Å². The van der Waals surface area contributed by atoms with Crippen LogP contribution in [-0.4, -0.2) is 23.2 Å². The molecule has 2 N–H and O–H groups in total. The van der Waals surface area contributed by atoms with Gasteiger partial charge in [0.1, 0.15) is 5.69 Å². The van der Waals surface area contributed by atoms with Gasteiger partial charge in [0.05, 0.1) is 10.8 Å². The Bertz CT molecular complexity index is 863. The molecule has 3 rings (SSSR count). The Morgan fingerprint density at radius 2 is 2.04 bits per heavy atom. The number of nitrogens with zero attached hydrogens (tertiary/aromatic N) is 1. The molecular weight excluding hydrogens is 322 g/mol. The SMILES string of the molecule is CC(=O)c1ccc(NCC[C@@H]2C(=O)Nc3ccccc32)c([N+](=O)[O-])c1. The smallest absolute Gasteiger partial charge is 0.293 e. The zero-order chi connectivity index (χ0) is 18.0. The summed E-state index contributed by atoms with van der Waals surface area (Å²) in [6, 6.07) is 11.8. The lowest BCUT2D eigenvalue weighted by molar-refractivity contribution is -0.384. The second-order valence-corrected chi connectivity index (χ2v) is 5.89. The number of nitrogens with one attached hydrogen (secondary N) is 2. The van der Waals surface area contributed by atoms with Crippen LogP contribution in [0.15, 0.2) is 42.5 Å². The Labute approximate surface area is 144 Å². The number of nitro groups is 1. The van der Waals surface area contributed by atoms with E-state index < -0.39 is 4.92 Å². The molecule has 2 aromatic carbocycles. The number of carbonyl (C=O) groups is 2. The highest BCUT2D eigenvalue weighted by Crippen LogP contribution is 2.34. The van der Waals surface area contributed by atoms with Crippen LogP contribution in [0.2, 0.25) is 0 Å². The maximum atomic E-state index is 12.1. The Morgan fingerprint density at radius 3 is 2.76 bits per heavy atom. The van der Waals surface area contributed by atoms with Gasteiger partial charge in [-0.2, -0.15) is 0 Å². The molecule has 0 unspecified atom stereocenters. The third kappa shape index (κ3) is 3.35. The van der Waals surface area contributed by atoms with Gasteiger partial charge < -0.3 is 10.6 Å². The van der Waals surface area contributed by atoms with E-state index >= 15 is 0 Å². The van der Waals surface area contributed by atoms with Crippen molar-refractivity contribution in [3.05, 3.63) is 63.7 Å². The van der Waals surface area contributed by atoms with Crippen molar-refractivity contribution in [1.82, 2.24) is 0 Å². The van der Waals surface area contributed by atoms with Crippen LogP contribution in [0.3, 0.4) is 0 Å². The molecule has 0 fully saturated rings. The summed E-state index contributed by atoms with van der Waals surface area (Å²) in [5.74, 6) is -0.572. The molecule has 0 aromatic heterocycles. The molecule has 1 amide bonds. The predicted octanol–water partition coefficient (Wildman–Crippen LogP) is 3.34. The number of hydrogen-bond donors (Lipinski definition) is 2. The van der Waals surface area contributed by atoms with E-state index in [1.165, 1.54) is 19.1 Å². The maximum absolute atomic E-state index is 12.1. The molecule has 0 bridgehead atoms. The van der Waals surface area contributed by atoms with E-state index in [9.17, 15) is 19.7 Å². The number of carbonyl (C=O) groups excluding carboxylic acids is 2. The van der Waals surface area contributed by atoms with Crippen molar-refractivity contribution in [2.75, 3.05) is 17.2 Å². The number of anilines is 2. The van der Waals surface area contributed by atoms with Crippen molar-refractivity contribution < 1.29 is 14.5 Å². The van der Waals surface area contributed by atoms with Gasteiger partial charge in [0.25, 0.3) is 5.69 Å². The van der Waals surface area contributed by atoms with Crippen LogP contribution in [0.25, 0.3) is 0 Å². The van der Waals surface area contributed by atoms with Crippen LogP contribution < -0.4 is 10.6 Å². The lowest BCUT2D eigenvalue weighted by Crippen LogP contribution is -2.16. The molecule has 0 saturated heterocycles. The molecule has 7 nitrogen and oxygen atoms in total. The Kier molecular flexibility index (Phi) is 4.47. The van der Waals surface area contributed by atoms with Crippen molar-refractivity contribution in [1.29, 1.82) is 0 Å². The molecule has 0 spiro atoms. The molecule has 25 heavy (non-hydrogen) atoms. The van der Waals surface area contributed by atoms with E-state index in [4.69, 9.17) is 0 Å². The van der Waals surface area contributed by atoms with Crippen molar-refractivity contribution >= 4 is 28.8 Å². The Balaban J connectivity index is 1.71. The average Bonchev–Trinajstić information content (AvgIpc) is 2.90. The zero-order valence-electron chi connectivity index (χ0n) is 13.6. The van der Waals surface area contributed by atoms with Crippen molar-refractivity contribution in [3.63, 3.8) is 0 Å². The number of benzene rings is 2. The second-order valence-electron chi connectivity index (χ2n) is 5.89. The fourth-order valence-electron chi connectivity index (χ4n) is 2.96. The highest BCUT2D eigenvalue weighted by Gasteiger charge is 2.29. The minimum Gasteiger partial charge on any atom is -0.379 e. The van der Waals surface area contributed by atoms with Gasteiger partial charge in [0.2, 0.25) is 5.91 Å². The number of hydrogen-bond acceptors (Lipinski definition) is 5. The minimum absolute atomic E-state index is 0.0653. The Morgan fingerprint density at radius 1 is 1.28 bits per heavy atom. The molecule has 1 atom stereocenters. The number of fused-ring (bicyclic) bond motifs is 1. The number of nitro benzene ring substituents is 1. The molecule has 1 aliphatic rings. The lowest BCUT2D eigenvalue weighted by Gasteiger charge is -2.11. The number of ketones is 1. The van der Waals surface area contributed by atoms with Gasteiger partial charge in [-0.05, 0) is 37.1 Å². The van der Waals surface area contributed by atoms with Gasteiger partial charge in [-0.25, -0.2) is 0 Å². The first-order valence-corrected chi connectivity index (χ1v) is 7.90. The summed E-state index contributed by atoms with van der Waals surface area (Å²) in [5.41, 5.74) is 2.23. The van der Waals surface area contributed by atoms with Crippen molar-refractivity contribution in [2.45, 2.75) is 19.3 Å². The monoisotopic (exact) mass is 339 g/mol. The molecule has 0 saturated carbocycles. The van der Waals surface area contributed by atoms with Gasteiger partial charge in [-0.3, -0.25) is 19.7 Å². The van der Waals surface area contributed by atoms with Crippen LogP contribution in [0.4, 0.5) is 17.1 Å². The average molecular weight is 339 g/mol. The number of rotatable bonds is 6. The van der Waals surface area contributed by atoms with Gasteiger partial charge >= 0.3 is 0 Å². The molecule has 128 valence electrons. The standard InChI is InChI=1S/C18H17N3O4/c1-11(22)12-6-7-16(17(10-12)21(24)25)19-9-8-14-13-4-2-3-5-15(13)20-18(14)23/h2-7,10,14,19H,8-9H2,1H3,(H,20,23)/t14-/m0/s1. The maximum Gasteiger partial charge on any atom is 0.293 e. The normalized spacial score (nSPS) is 15.4. The summed E-state index contributed by atoms with van der Waals surface area (Å²) in [7, 11) is 0. The highest BCUT2D eigenvalue weighted by molar-refractivity contribution is 6.02. The third-order valence-electron chi connectivity index (χ3n) is 4.26. The fourth-order valence-corrected chi connectivity index (χ4v) is 2.96. The predicted molar refractivity (Wildman–Crippen MR) is 94.0 cm³/mol. The van der Waals surface area contributed by atoms with Crippen LogP contribution in [-0.2, 0) is 4.79 Å². The van der Waals surface area contributed by atoms with E-state index in [1.807, 2.05) is 24.3 Å². The topological polar surface area (TPSA) is 101 Å². The Hall–Kier alpha value is -3.22. The summed E-state index contributed by atoms with van der Waals surface area (Å²) < 4.78 is 0. The van der Waals surface area contributed by atoms with Crippen LogP contribution in [0, 0.1) is 10.1 Å². The van der Waals surface area contributed by atoms with E-state index in [0.717, 1.165) is 11.3 Å². The van der Waals surface area contributed by atoms with Crippen molar-refractivity contribution in [3.8, 4) is 0 Å². The van der Waals surface area contributed by atoms with E-state index in [2.05, 4.69) is 10.6 Å².